The SMILES string of the molecule is [2H][C@@](Nc1cc(Cl)c2ncc(C#N)c(Nc3ccc(Cl)c(Cl)c3F)c2c1)(c1ccccc1)c1cn[nH]n1. The highest BCUT2D eigenvalue weighted by Crippen LogP contribution is 2.38. The summed E-state index contributed by atoms with van der Waals surface area (Å²) in [5, 5.41) is 26.8. The third-order valence-electron chi connectivity index (χ3n) is 5.34. The molecule has 5 aromatic rings. The first kappa shape index (κ1) is 22.6. The number of nitriles is 1. The molecule has 0 aliphatic rings. The van der Waals surface area contributed by atoms with E-state index in [0.717, 1.165) is 0 Å². The lowest BCUT2D eigenvalue weighted by molar-refractivity contribution is 0.632. The number of nitrogens with zero attached hydrogens (tertiary/aromatic N) is 4. The van der Waals surface area contributed by atoms with E-state index in [1.54, 1.807) is 24.3 Å². The predicted octanol–water partition coefficient (Wildman–Crippen LogP) is 7.27. The number of pyridine rings is 1. The van der Waals surface area contributed by atoms with Crippen molar-refractivity contribution in [3.63, 3.8) is 0 Å². The normalized spacial score (nSPS) is 13.0. The van der Waals surface area contributed by atoms with Gasteiger partial charge in [-0.3, -0.25) is 4.98 Å². The van der Waals surface area contributed by atoms with Crippen molar-refractivity contribution >= 4 is 62.8 Å². The molecule has 0 aliphatic carbocycles. The summed E-state index contributed by atoms with van der Waals surface area (Å²) < 4.78 is 24.1. The summed E-state index contributed by atoms with van der Waals surface area (Å²) in [5.41, 5.74) is 2.11. The fourth-order valence-corrected chi connectivity index (χ4v) is 4.24. The molecular weight excluding hydrogens is 524 g/mol. The molecule has 0 bridgehead atoms. The molecule has 0 aliphatic heterocycles. The average molecular weight is 540 g/mol. The van der Waals surface area contributed by atoms with Crippen molar-refractivity contribution in [2.24, 2.45) is 0 Å². The van der Waals surface area contributed by atoms with Crippen LogP contribution in [0.5, 0.6) is 0 Å². The Labute approximate surface area is 221 Å². The topological polar surface area (TPSA) is 102 Å². The zero-order valence-corrected chi connectivity index (χ0v) is 20.4. The van der Waals surface area contributed by atoms with Gasteiger partial charge in [-0.15, -0.1) is 0 Å². The Hall–Kier alpha value is -3.90. The highest BCUT2D eigenvalue weighted by molar-refractivity contribution is 6.42. The van der Waals surface area contributed by atoms with Gasteiger partial charge in [0.2, 0.25) is 0 Å². The Balaban J connectivity index is 1.67. The van der Waals surface area contributed by atoms with E-state index in [9.17, 15) is 11.0 Å². The minimum atomic E-state index is -1.55. The van der Waals surface area contributed by atoms with Gasteiger partial charge in [-0.05, 0) is 29.8 Å². The minimum Gasteiger partial charge on any atom is -0.373 e. The number of rotatable bonds is 6. The van der Waals surface area contributed by atoms with Crippen LogP contribution in [0.25, 0.3) is 10.9 Å². The van der Waals surface area contributed by atoms with Gasteiger partial charge in [0.1, 0.15) is 11.8 Å². The van der Waals surface area contributed by atoms with Crippen molar-refractivity contribution < 1.29 is 5.76 Å². The third kappa shape index (κ3) is 4.52. The summed E-state index contributed by atoms with van der Waals surface area (Å²) in [6.07, 6.45) is 2.79. The van der Waals surface area contributed by atoms with E-state index in [1.807, 2.05) is 18.2 Å². The quantitative estimate of drug-likeness (QED) is 0.196. The van der Waals surface area contributed by atoms with Gasteiger partial charge < -0.3 is 10.6 Å². The molecule has 2 heterocycles. The number of nitrogens with one attached hydrogen (secondary N) is 3. The molecule has 0 saturated heterocycles. The Morgan fingerprint density at radius 1 is 1.06 bits per heavy atom. The number of aromatic amines is 1. The predicted molar refractivity (Wildman–Crippen MR) is 139 cm³/mol. The molecule has 0 unspecified atom stereocenters. The van der Waals surface area contributed by atoms with E-state index >= 15 is 0 Å². The van der Waals surface area contributed by atoms with Crippen LogP contribution in [0, 0.1) is 17.1 Å². The van der Waals surface area contributed by atoms with Gasteiger partial charge in [0.15, 0.2) is 5.82 Å². The van der Waals surface area contributed by atoms with Crippen molar-refractivity contribution in [2.75, 3.05) is 10.6 Å². The number of fused-ring (bicyclic) bond motifs is 1. The van der Waals surface area contributed by atoms with Gasteiger partial charge in [0.05, 0.1) is 51.1 Å². The van der Waals surface area contributed by atoms with Crippen molar-refractivity contribution in [1.29, 1.82) is 5.26 Å². The number of halogens is 4. The number of aromatic nitrogens is 4. The molecular formula is C25H15Cl3FN7. The summed E-state index contributed by atoms with van der Waals surface area (Å²) in [6, 6.07) is 15.7. The van der Waals surface area contributed by atoms with E-state index in [0.29, 0.717) is 27.8 Å². The van der Waals surface area contributed by atoms with Crippen molar-refractivity contribution in [1.82, 2.24) is 20.4 Å². The second kappa shape index (κ2) is 9.99. The third-order valence-corrected chi connectivity index (χ3v) is 6.41. The van der Waals surface area contributed by atoms with E-state index in [2.05, 4.69) is 37.1 Å². The fourth-order valence-electron chi connectivity index (χ4n) is 3.66. The van der Waals surface area contributed by atoms with Crippen LogP contribution in [-0.4, -0.2) is 20.4 Å². The molecule has 1 atom stereocenters. The van der Waals surface area contributed by atoms with Crippen LogP contribution in [0.15, 0.2) is 67.0 Å². The van der Waals surface area contributed by atoms with E-state index in [1.165, 1.54) is 24.5 Å². The van der Waals surface area contributed by atoms with Crippen molar-refractivity contribution in [3.05, 3.63) is 105 Å². The summed E-state index contributed by atoms with van der Waals surface area (Å²) in [6.45, 7) is 0. The molecule has 0 amide bonds. The van der Waals surface area contributed by atoms with Crippen LogP contribution in [0.3, 0.4) is 0 Å². The second-order valence-electron chi connectivity index (χ2n) is 7.58. The van der Waals surface area contributed by atoms with E-state index in [4.69, 9.17) is 34.8 Å². The monoisotopic (exact) mass is 538 g/mol. The van der Waals surface area contributed by atoms with Crippen LogP contribution in [-0.2, 0) is 0 Å². The summed E-state index contributed by atoms with van der Waals surface area (Å²) in [4.78, 5) is 4.32. The molecule has 0 saturated carbocycles. The van der Waals surface area contributed by atoms with Crippen LogP contribution in [0.4, 0.5) is 21.5 Å². The lowest BCUT2D eigenvalue weighted by atomic mass is 10.0. The maximum atomic E-state index is 14.9. The number of benzene rings is 3. The van der Waals surface area contributed by atoms with Crippen molar-refractivity contribution in [3.8, 4) is 6.07 Å². The Morgan fingerprint density at radius 2 is 1.86 bits per heavy atom. The Bertz CT molecular complexity index is 1660. The highest BCUT2D eigenvalue weighted by atomic mass is 35.5. The number of H-pyrrole nitrogens is 1. The van der Waals surface area contributed by atoms with Gasteiger partial charge in [-0.25, -0.2) is 4.39 Å². The maximum absolute atomic E-state index is 14.9. The molecule has 3 aromatic carbocycles. The summed E-state index contributed by atoms with van der Waals surface area (Å²) in [5.74, 6) is -0.774. The van der Waals surface area contributed by atoms with Crippen LogP contribution < -0.4 is 10.6 Å². The van der Waals surface area contributed by atoms with Gasteiger partial charge in [-0.2, -0.15) is 20.7 Å². The smallest absolute Gasteiger partial charge is 0.166 e. The summed E-state index contributed by atoms with van der Waals surface area (Å²) in [7, 11) is 0. The average Bonchev–Trinajstić information content (AvgIpc) is 3.46. The Kier molecular flexibility index (Phi) is 6.26. The molecule has 2 aromatic heterocycles. The first-order chi connectivity index (χ1) is 17.8. The first-order valence-electron chi connectivity index (χ1n) is 10.9. The lowest BCUT2D eigenvalue weighted by Crippen LogP contribution is -2.13. The molecule has 0 radical (unpaired) electrons. The molecule has 11 heteroatoms. The fraction of sp³-hybridized carbons (Fsp3) is 0.0400. The zero-order chi connectivity index (χ0) is 26.2. The minimum absolute atomic E-state index is 0.00889. The van der Waals surface area contributed by atoms with Crippen molar-refractivity contribution in [2.45, 2.75) is 6.02 Å². The van der Waals surface area contributed by atoms with Crippen LogP contribution in [0.1, 0.15) is 24.2 Å². The maximum Gasteiger partial charge on any atom is 0.166 e. The second-order valence-corrected chi connectivity index (χ2v) is 8.77. The summed E-state index contributed by atoms with van der Waals surface area (Å²) >= 11 is 18.5. The molecule has 0 fully saturated rings. The molecule has 7 nitrogen and oxygen atoms in total. The molecule has 36 heavy (non-hydrogen) atoms. The molecule has 0 spiro atoms. The molecule has 5 rings (SSSR count). The van der Waals surface area contributed by atoms with Gasteiger partial charge in [0, 0.05) is 17.3 Å². The Morgan fingerprint density at radius 3 is 2.58 bits per heavy atom. The van der Waals surface area contributed by atoms with Gasteiger partial charge in [-0.1, -0.05) is 65.1 Å². The first-order valence-corrected chi connectivity index (χ1v) is 11.6. The number of hydrogen-bond acceptors (Lipinski definition) is 6. The zero-order valence-electron chi connectivity index (χ0n) is 19.2. The van der Waals surface area contributed by atoms with Gasteiger partial charge in [0.25, 0.3) is 0 Å². The highest BCUT2D eigenvalue weighted by Gasteiger charge is 2.20. The van der Waals surface area contributed by atoms with Crippen LogP contribution >= 0.6 is 34.8 Å². The number of anilines is 3. The van der Waals surface area contributed by atoms with E-state index < -0.39 is 11.8 Å². The number of hydrogen-bond donors (Lipinski definition) is 3. The lowest BCUT2D eigenvalue weighted by Gasteiger charge is -2.20. The molecule has 178 valence electrons. The van der Waals surface area contributed by atoms with Gasteiger partial charge >= 0.3 is 0 Å². The standard InChI is InChI=1S/C25H15Cl3FN7/c26-17-6-7-19(22(29)21(17)28)34-23-14(10-30)11-31-25-16(23)8-15(9-18(25)27)33-24(20-12-32-36-35-20)13-4-2-1-3-5-13/h1-9,11-12,24,33H,(H,31,34)(H,32,35,36)/t24-/m1/s1/i24D. The van der Waals surface area contributed by atoms with E-state index in [-0.39, 0.29) is 32.0 Å². The molecule has 3 N–H and O–H groups in total. The largest absolute Gasteiger partial charge is 0.373 e. The van der Waals surface area contributed by atoms with Crippen LogP contribution in [0.2, 0.25) is 15.1 Å².